The third-order valence-corrected chi connectivity index (χ3v) is 6.19. The number of carbonyl (C=O) groups excluding carboxylic acids is 1. The minimum Gasteiger partial charge on any atom is -0.478 e. The lowest BCUT2D eigenvalue weighted by atomic mass is 9.93. The molecule has 1 fully saturated rings. The average molecular weight is 498 g/mol. The average Bonchev–Trinajstić information content (AvgIpc) is 2.84. The summed E-state index contributed by atoms with van der Waals surface area (Å²) in [5.41, 5.74) is 1.46. The van der Waals surface area contributed by atoms with E-state index in [9.17, 15) is 4.79 Å². The number of carbonyl (C=O) groups is 1. The van der Waals surface area contributed by atoms with Crippen LogP contribution in [0.1, 0.15) is 79.6 Å². The van der Waals surface area contributed by atoms with E-state index in [4.69, 9.17) is 19.2 Å². The Labute approximate surface area is 216 Å². The van der Waals surface area contributed by atoms with Gasteiger partial charge in [-0.15, -0.1) is 0 Å². The molecule has 0 spiro atoms. The monoisotopic (exact) mass is 497 g/mol. The van der Waals surface area contributed by atoms with Crippen LogP contribution < -0.4 is 14.4 Å². The maximum Gasteiger partial charge on any atom is 0.306 e. The Balaban J connectivity index is 1.62. The van der Waals surface area contributed by atoms with Gasteiger partial charge in [-0.2, -0.15) is 4.98 Å². The van der Waals surface area contributed by atoms with Gasteiger partial charge >= 0.3 is 5.97 Å². The fraction of sp³-hybridized carbons (Fsp3) is 0.621. The molecule has 2 aromatic rings. The van der Waals surface area contributed by atoms with Crippen LogP contribution in [-0.4, -0.2) is 47.8 Å². The minimum atomic E-state index is -0.428. The lowest BCUT2D eigenvalue weighted by molar-refractivity contribution is -0.156. The molecule has 0 aliphatic carbocycles. The van der Waals surface area contributed by atoms with Gasteiger partial charge in [0.05, 0.1) is 13.2 Å². The molecule has 0 radical (unpaired) electrons. The van der Waals surface area contributed by atoms with Gasteiger partial charge in [-0.3, -0.25) is 4.79 Å². The molecule has 7 nitrogen and oxygen atoms in total. The van der Waals surface area contributed by atoms with Crippen molar-refractivity contribution in [3.05, 3.63) is 30.5 Å². The summed E-state index contributed by atoms with van der Waals surface area (Å²) in [6.45, 7) is 13.1. The molecule has 0 unspecified atom stereocenters. The second-order valence-corrected chi connectivity index (χ2v) is 10.5. The van der Waals surface area contributed by atoms with Crippen molar-refractivity contribution in [3.63, 3.8) is 0 Å². The fourth-order valence-corrected chi connectivity index (χ4v) is 4.19. The molecule has 0 aromatic carbocycles. The minimum absolute atomic E-state index is 0.101. The van der Waals surface area contributed by atoms with Crippen molar-refractivity contribution in [1.29, 1.82) is 0 Å². The van der Waals surface area contributed by atoms with Crippen molar-refractivity contribution in [1.82, 2.24) is 9.97 Å². The highest BCUT2D eigenvalue weighted by Gasteiger charge is 2.25. The van der Waals surface area contributed by atoms with Crippen molar-refractivity contribution >= 4 is 11.8 Å². The molecular weight excluding hydrogens is 454 g/mol. The van der Waals surface area contributed by atoms with E-state index in [0.717, 1.165) is 68.6 Å². The van der Waals surface area contributed by atoms with E-state index in [-0.39, 0.29) is 5.97 Å². The van der Waals surface area contributed by atoms with Crippen LogP contribution >= 0.6 is 0 Å². The number of aromatic nitrogens is 2. The molecule has 0 atom stereocenters. The number of hydrogen-bond donors (Lipinski definition) is 0. The van der Waals surface area contributed by atoms with Crippen LogP contribution in [0.4, 0.5) is 5.82 Å². The lowest BCUT2D eigenvalue weighted by Crippen LogP contribution is -2.35. The van der Waals surface area contributed by atoms with E-state index in [1.54, 1.807) is 0 Å². The van der Waals surface area contributed by atoms with Gasteiger partial charge in [0.2, 0.25) is 11.8 Å². The molecule has 1 saturated heterocycles. The maximum absolute atomic E-state index is 12.2. The third-order valence-electron chi connectivity index (χ3n) is 6.19. The molecule has 198 valence electrons. The molecule has 1 aliphatic heterocycles. The van der Waals surface area contributed by atoms with Gasteiger partial charge < -0.3 is 19.1 Å². The third kappa shape index (κ3) is 8.68. The summed E-state index contributed by atoms with van der Waals surface area (Å²) in [5, 5.41) is 0. The van der Waals surface area contributed by atoms with Crippen LogP contribution in [0.15, 0.2) is 30.5 Å². The number of anilines is 1. The van der Waals surface area contributed by atoms with Gasteiger partial charge in [-0.05, 0) is 70.6 Å². The van der Waals surface area contributed by atoms with E-state index in [1.165, 1.54) is 0 Å². The highest BCUT2D eigenvalue weighted by Crippen LogP contribution is 2.32. The number of piperidine rings is 1. The molecule has 0 bridgehead atoms. The molecule has 0 N–H and O–H groups in total. The molecule has 0 amide bonds. The van der Waals surface area contributed by atoms with Gasteiger partial charge in [-0.25, -0.2) is 4.98 Å². The Bertz CT molecular complexity index is 948. The Morgan fingerprint density at radius 1 is 1.00 bits per heavy atom. The smallest absolute Gasteiger partial charge is 0.306 e. The van der Waals surface area contributed by atoms with Gasteiger partial charge in [0.15, 0.2) is 0 Å². The standard InChI is InChI=1S/C29H43N3O4/c1-6-8-18-34-26-13-11-24(28(31-26)35-19-9-7-2)23-10-12-25(30-21-23)32-16-14-22(15-17-32)20-27(33)36-29(3,4)5/h10-13,21-22H,6-9,14-20H2,1-5H3. The number of rotatable bonds is 12. The van der Waals surface area contributed by atoms with Gasteiger partial charge in [0, 0.05) is 42.9 Å². The van der Waals surface area contributed by atoms with E-state index in [0.29, 0.717) is 37.3 Å². The largest absolute Gasteiger partial charge is 0.478 e. The van der Waals surface area contributed by atoms with Crippen LogP contribution in [-0.2, 0) is 9.53 Å². The first-order chi connectivity index (χ1) is 17.3. The molecular formula is C29H43N3O4. The number of esters is 1. The summed E-state index contributed by atoms with van der Waals surface area (Å²) < 4.78 is 17.3. The Kier molecular flexibility index (Phi) is 10.4. The maximum atomic E-state index is 12.2. The van der Waals surface area contributed by atoms with E-state index in [2.05, 4.69) is 35.9 Å². The fourth-order valence-electron chi connectivity index (χ4n) is 4.19. The highest BCUT2D eigenvalue weighted by molar-refractivity contribution is 5.70. The SMILES string of the molecule is CCCCOc1ccc(-c2ccc(N3CCC(CC(=O)OC(C)(C)C)CC3)nc2)c(OCCCC)n1. The Hall–Kier alpha value is -2.83. The van der Waals surface area contributed by atoms with Gasteiger partial charge in [0.1, 0.15) is 11.4 Å². The van der Waals surface area contributed by atoms with Gasteiger partial charge in [-0.1, -0.05) is 26.7 Å². The van der Waals surface area contributed by atoms with Crippen LogP contribution in [0, 0.1) is 5.92 Å². The molecule has 3 rings (SSSR count). The van der Waals surface area contributed by atoms with Crippen molar-refractivity contribution in [2.24, 2.45) is 5.92 Å². The Morgan fingerprint density at radius 2 is 1.69 bits per heavy atom. The molecule has 0 saturated carbocycles. The first kappa shape index (κ1) is 27.8. The van der Waals surface area contributed by atoms with Crippen molar-refractivity contribution in [3.8, 4) is 22.9 Å². The topological polar surface area (TPSA) is 73.8 Å². The highest BCUT2D eigenvalue weighted by atomic mass is 16.6. The normalized spacial score (nSPS) is 14.5. The predicted molar refractivity (Wildman–Crippen MR) is 144 cm³/mol. The lowest BCUT2D eigenvalue weighted by Gasteiger charge is -2.33. The first-order valence-electron chi connectivity index (χ1n) is 13.5. The summed E-state index contributed by atoms with van der Waals surface area (Å²) in [6.07, 6.45) is 8.42. The Morgan fingerprint density at radius 3 is 2.31 bits per heavy atom. The summed E-state index contributed by atoms with van der Waals surface area (Å²) in [5.74, 6) is 2.40. The first-order valence-corrected chi connectivity index (χ1v) is 13.5. The van der Waals surface area contributed by atoms with Crippen LogP contribution in [0.5, 0.6) is 11.8 Å². The zero-order valence-corrected chi connectivity index (χ0v) is 22.7. The van der Waals surface area contributed by atoms with E-state index >= 15 is 0 Å². The summed E-state index contributed by atoms with van der Waals surface area (Å²) in [4.78, 5) is 23.9. The molecule has 3 heterocycles. The molecule has 7 heteroatoms. The zero-order valence-electron chi connectivity index (χ0n) is 22.7. The molecule has 1 aliphatic rings. The van der Waals surface area contributed by atoms with Crippen LogP contribution in [0.3, 0.4) is 0 Å². The van der Waals surface area contributed by atoms with Crippen LogP contribution in [0.2, 0.25) is 0 Å². The number of ether oxygens (including phenoxy) is 3. The second-order valence-electron chi connectivity index (χ2n) is 10.5. The quantitative estimate of drug-likeness (QED) is 0.246. The van der Waals surface area contributed by atoms with E-state index < -0.39 is 5.60 Å². The second kappa shape index (κ2) is 13.5. The number of unbranched alkanes of at least 4 members (excludes halogenated alkanes) is 2. The van der Waals surface area contributed by atoms with E-state index in [1.807, 2.05) is 39.1 Å². The van der Waals surface area contributed by atoms with Gasteiger partial charge in [0.25, 0.3) is 0 Å². The molecule has 36 heavy (non-hydrogen) atoms. The number of hydrogen-bond acceptors (Lipinski definition) is 7. The van der Waals surface area contributed by atoms with Crippen LogP contribution in [0.25, 0.3) is 11.1 Å². The summed E-state index contributed by atoms with van der Waals surface area (Å²) in [7, 11) is 0. The van der Waals surface area contributed by atoms with Crippen molar-refractivity contribution in [2.45, 2.75) is 85.2 Å². The molecule has 2 aromatic heterocycles. The van der Waals surface area contributed by atoms with Crippen molar-refractivity contribution in [2.75, 3.05) is 31.2 Å². The summed E-state index contributed by atoms with van der Waals surface area (Å²) >= 11 is 0. The van der Waals surface area contributed by atoms with Crippen molar-refractivity contribution < 1.29 is 19.0 Å². The zero-order chi connectivity index (χ0) is 26.0. The summed E-state index contributed by atoms with van der Waals surface area (Å²) in [6, 6.07) is 8.05. The number of pyridine rings is 2. The predicted octanol–water partition coefficient (Wildman–Crippen LogP) is 6.45. The number of nitrogens with zero attached hydrogens (tertiary/aromatic N) is 3.